The third-order valence-corrected chi connectivity index (χ3v) is 2.61. The Hall–Kier alpha value is -1.55. The fourth-order valence-electron chi connectivity index (χ4n) is 1.84. The highest BCUT2D eigenvalue weighted by Crippen LogP contribution is 2.16. The predicted molar refractivity (Wildman–Crippen MR) is 65.9 cm³/mol. The molecule has 0 saturated carbocycles. The van der Waals surface area contributed by atoms with E-state index >= 15 is 0 Å². The maximum atomic E-state index is 11.3. The van der Waals surface area contributed by atoms with Crippen molar-refractivity contribution in [3.05, 3.63) is 29.8 Å². The van der Waals surface area contributed by atoms with Crippen molar-refractivity contribution in [2.45, 2.75) is 12.8 Å². The van der Waals surface area contributed by atoms with E-state index in [2.05, 4.69) is 10.1 Å². The van der Waals surface area contributed by atoms with Crippen molar-refractivity contribution in [1.82, 2.24) is 5.32 Å². The molecule has 0 amide bonds. The van der Waals surface area contributed by atoms with Crippen LogP contribution in [0, 0.1) is 5.92 Å². The van der Waals surface area contributed by atoms with E-state index in [0.29, 0.717) is 6.42 Å². The van der Waals surface area contributed by atoms with Crippen LogP contribution in [0.15, 0.2) is 24.3 Å². The van der Waals surface area contributed by atoms with Crippen LogP contribution < -0.4 is 5.32 Å². The van der Waals surface area contributed by atoms with Gasteiger partial charge in [0.05, 0.1) is 7.11 Å². The van der Waals surface area contributed by atoms with Gasteiger partial charge in [0.25, 0.3) is 0 Å². The summed E-state index contributed by atoms with van der Waals surface area (Å²) in [4.78, 5) is 11.3. The maximum Gasteiger partial charge on any atom is 0.305 e. The van der Waals surface area contributed by atoms with Gasteiger partial charge in [0.1, 0.15) is 5.75 Å². The molecule has 4 heteroatoms. The molecule has 0 saturated heterocycles. The number of phenolic OH excluding ortho intramolecular Hbond substituents is 1. The first-order valence-corrected chi connectivity index (χ1v) is 5.65. The van der Waals surface area contributed by atoms with Crippen LogP contribution >= 0.6 is 0 Å². The Labute approximate surface area is 102 Å². The quantitative estimate of drug-likeness (QED) is 0.733. The lowest BCUT2D eigenvalue weighted by Gasteiger charge is -2.15. The van der Waals surface area contributed by atoms with Crippen LogP contribution in [0.1, 0.15) is 12.0 Å². The van der Waals surface area contributed by atoms with Crippen LogP contribution in [0.2, 0.25) is 0 Å². The predicted octanol–water partition coefficient (Wildman–Crippen LogP) is 1.33. The lowest BCUT2D eigenvalue weighted by Crippen LogP contribution is -2.23. The van der Waals surface area contributed by atoms with Gasteiger partial charge in [-0.05, 0) is 43.6 Å². The topological polar surface area (TPSA) is 58.6 Å². The molecule has 0 bridgehead atoms. The van der Waals surface area contributed by atoms with E-state index < -0.39 is 0 Å². The second-order valence-corrected chi connectivity index (χ2v) is 4.08. The number of methoxy groups -OCH3 is 1. The largest absolute Gasteiger partial charge is 0.508 e. The Morgan fingerprint density at radius 1 is 1.53 bits per heavy atom. The summed E-state index contributed by atoms with van der Waals surface area (Å²) in [6.07, 6.45) is 1.12. The first kappa shape index (κ1) is 13.5. The van der Waals surface area contributed by atoms with Gasteiger partial charge in [0, 0.05) is 6.42 Å². The van der Waals surface area contributed by atoms with E-state index in [4.69, 9.17) is 0 Å². The summed E-state index contributed by atoms with van der Waals surface area (Å²) >= 11 is 0. The Morgan fingerprint density at radius 2 is 2.29 bits per heavy atom. The summed E-state index contributed by atoms with van der Waals surface area (Å²) in [7, 11) is 3.25. The standard InChI is InChI=1S/C13H19NO3/c1-14-9-11(8-13(16)17-2)6-10-4-3-5-12(15)7-10/h3-5,7,11,14-15H,6,8-9H2,1-2H3. The summed E-state index contributed by atoms with van der Waals surface area (Å²) in [5.74, 6) is 0.225. The van der Waals surface area contributed by atoms with Crippen LogP contribution in [0.3, 0.4) is 0 Å². The fourth-order valence-corrected chi connectivity index (χ4v) is 1.84. The molecule has 0 radical (unpaired) electrons. The van der Waals surface area contributed by atoms with Crippen molar-refractivity contribution >= 4 is 5.97 Å². The Kier molecular flexibility index (Phi) is 5.49. The Bertz CT molecular complexity index is 365. The summed E-state index contributed by atoms with van der Waals surface area (Å²) in [6.45, 7) is 0.741. The third kappa shape index (κ3) is 4.87. The molecular weight excluding hydrogens is 218 g/mol. The lowest BCUT2D eigenvalue weighted by molar-refractivity contribution is -0.141. The van der Waals surface area contributed by atoms with Crippen LogP contribution in [-0.2, 0) is 16.0 Å². The van der Waals surface area contributed by atoms with Crippen molar-refractivity contribution in [2.75, 3.05) is 20.7 Å². The third-order valence-electron chi connectivity index (χ3n) is 2.61. The molecule has 1 unspecified atom stereocenters. The smallest absolute Gasteiger partial charge is 0.305 e. The molecule has 0 aliphatic carbocycles. The number of nitrogens with one attached hydrogen (secondary N) is 1. The monoisotopic (exact) mass is 237 g/mol. The highest BCUT2D eigenvalue weighted by Gasteiger charge is 2.14. The average molecular weight is 237 g/mol. The molecule has 17 heavy (non-hydrogen) atoms. The molecule has 1 atom stereocenters. The molecule has 0 aliphatic rings. The molecule has 0 aromatic heterocycles. The number of hydrogen-bond acceptors (Lipinski definition) is 4. The minimum Gasteiger partial charge on any atom is -0.508 e. The van der Waals surface area contributed by atoms with Crippen LogP contribution in [0.25, 0.3) is 0 Å². The van der Waals surface area contributed by atoms with Gasteiger partial charge in [-0.3, -0.25) is 4.79 Å². The van der Waals surface area contributed by atoms with Gasteiger partial charge in [-0.25, -0.2) is 0 Å². The van der Waals surface area contributed by atoms with Crippen molar-refractivity contribution in [3.8, 4) is 5.75 Å². The normalized spacial score (nSPS) is 12.1. The van der Waals surface area contributed by atoms with Gasteiger partial charge in [0.15, 0.2) is 0 Å². The molecule has 0 aliphatic heterocycles. The number of aromatic hydroxyl groups is 1. The fraction of sp³-hybridized carbons (Fsp3) is 0.462. The molecular formula is C13H19NO3. The van der Waals surface area contributed by atoms with Gasteiger partial charge in [-0.2, -0.15) is 0 Å². The molecule has 0 fully saturated rings. The molecule has 1 aromatic carbocycles. The zero-order chi connectivity index (χ0) is 12.7. The zero-order valence-corrected chi connectivity index (χ0v) is 10.3. The van der Waals surface area contributed by atoms with Gasteiger partial charge in [-0.1, -0.05) is 12.1 Å². The number of rotatable bonds is 6. The Morgan fingerprint density at radius 3 is 2.88 bits per heavy atom. The van der Waals surface area contributed by atoms with E-state index in [1.807, 2.05) is 13.1 Å². The molecule has 0 spiro atoms. The molecule has 2 N–H and O–H groups in total. The SMILES string of the molecule is CNCC(CC(=O)OC)Cc1cccc(O)c1. The maximum absolute atomic E-state index is 11.3. The van der Waals surface area contributed by atoms with Crippen LogP contribution in [0.5, 0.6) is 5.75 Å². The number of ether oxygens (including phenoxy) is 1. The van der Waals surface area contributed by atoms with E-state index in [1.165, 1.54) is 7.11 Å². The van der Waals surface area contributed by atoms with E-state index in [0.717, 1.165) is 18.5 Å². The number of phenols is 1. The second kappa shape index (κ2) is 6.91. The second-order valence-electron chi connectivity index (χ2n) is 4.08. The first-order chi connectivity index (χ1) is 8.15. The minimum atomic E-state index is -0.203. The molecule has 4 nitrogen and oxygen atoms in total. The van der Waals surface area contributed by atoms with Crippen molar-refractivity contribution in [3.63, 3.8) is 0 Å². The zero-order valence-electron chi connectivity index (χ0n) is 10.3. The Balaban J connectivity index is 2.62. The summed E-state index contributed by atoms with van der Waals surface area (Å²) in [5.41, 5.74) is 1.02. The molecule has 1 aromatic rings. The number of carbonyl (C=O) groups is 1. The molecule has 1 rings (SSSR count). The van der Waals surface area contributed by atoms with Gasteiger partial charge < -0.3 is 15.2 Å². The highest BCUT2D eigenvalue weighted by atomic mass is 16.5. The first-order valence-electron chi connectivity index (χ1n) is 5.65. The van der Waals surface area contributed by atoms with Crippen molar-refractivity contribution in [1.29, 1.82) is 0 Å². The summed E-state index contributed by atoms with van der Waals surface area (Å²) in [5, 5.41) is 12.4. The van der Waals surface area contributed by atoms with Crippen LogP contribution in [0.4, 0.5) is 0 Å². The number of hydrogen-bond donors (Lipinski definition) is 2. The van der Waals surface area contributed by atoms with Gasteiger partial charge in [-0.15, -0.1) is 0 Å². The molecule has 0 heterocycles. The minimum absolute atomic E-state index is 0.175. The van der Waals surface area contributed by atoms with Gasteiger partial charge >= 0.3 is 5.97 Å². The van der Waals surface area contributed by atoms with Gasteiger partial charge in [0.2, 0.25) is 0 Å². The summed E-state index contributed by atoms with van der Waals surface area (Å²) < 4.78 is 4.67. The lowest BCUT2D eigenvalue weighted by atomic mass is 9.96. The van der Waals surface area contributed by atoms with Crippen molar-refractivity contribution < 1.29 is 14.6 Å². The average Bonchev–Trinajstić information content (AvgIpc) is 2.29. The number of benzene rings is 1. The van der Waals surface area contributed by atoms with E-state index in [-0.39, 0.29) is 17.6 Å². The van der Waals surface area contributed by atoms with E-state index in [1.54, 1.807) is 18.2 Å². The van der Waals surface area contributed by atoms with E-state index in [9.17, 15) is 9.90 Å². The number of carbonyl (C=O) groups excluding carboxylic acids is 1. The van der Waals surface area contributed by atoms with Crippen LogP contribution in [-0.4, -0.2) is 31.8 Å². The highest BCUT2D eigenvalue weighted by molar-refractivity contribution is 5.69. The van der Waals surface area contributed by atoms with Crippen molar-refractivity contribution in [2.24, 2.45) is 5.92 Å². The molecule has 94 valence electrons. The summed E-state index contributed by atoms with van der Waals surface area (Å²) in [6, 6.07) is 7.11. The number of esters is 1.